The lowest BCUT2D eigenvalue weighted by Gasteiger charge is -2.12. The van der Waals surface area contributed by atoms with Gasteiger partial charge in [-0.05, 0) is 29.5 Å². The smallest absolute Gasteiger partial charge is 0.395 e. The summed E-state index contributed by atoms with van der Waals surface area (Å²) in [6.07, 6.45) is 1.15. The minimum Gasteiger partial charge on any atom is -0.575 e. The first-order chi connectivity index (χ1) is 14.0. The summed E-state index contributed by atoms with van der Waals surface area (Å²) >= 11 is 6.22. The summed E-state index contributed by atoms with van der Waals surface area (Å²) in [6.45, 7) is 1.55. The number of rotatable bonds is 5. The Kier molecular flexibility index (Phi) is 5.81. The van der Waals surface area contributed by atoms with E-state index in [4.69, 9.17) is 20.9 Å². The molecule has 0 N–H and O–H groups in total. The average molecular weight is 428 g/mol. The van der Waals surface area contributed by atoms with Crippen molar-refractivity contribution in [1.29, 1.82) is 0 Å². The quantitative estimate of drug-likeness (QED) is 0.432. The average Bonchev–Trinajstić information content (AvgIpc) is 3.12. The number of carbonyl (C=O) groups is 1. The Morgan fingerprint density at radius 2 is 1.76 bits per heavy atom. The van der Waals surface area contributed by atoms with E-state index in [0.717, 1.165) is 10.8 Å². The van der Waals surface area contributed by atoms with Crippen molar-refractivity contribution in [3.05, 3.63) is 76.8 Å². The highest BCUT2D eigenvalue weighted by molar-refractivity contribution is 7.34. The molecule has 148 valence electrons. The van der Waals surface area contributed by atoms with Crippen molar-refractivity contribution >= 4 is 36.5 Å². The number of esters is 1. The van der Waals surface area contributed by atoms with Gasteiger partial charge in [-0.3, -0.25) is 4.52 Å². The maximum Gasteiger partial charge on any atom is 0.395 e. The Balaban J connectivity index is 1.43. The molecule has 3 aromatic rings. The second kappa shape index (κ2) is 8.50. The van der Waals surface area contributed by atoms with Crippen LogP contribution in [0.2, 0.25) is 5.02 Å². The third kappa shape index (κ3) is 4.43. The van der Waals surface area contributed by atoms with Crippen molar-refractivity contribution in [2.75, 3.05) is 0 Å². The van der Waals surface area contributed by atoms with E-state index in [1.54, 1.807) is 13.0 Å². The van der Waals surface area contributed by atoms with Crippen LogP contribution >= 0.6 is 19.8 Å². The zero-order chi connectivity index (χ0) is 20.4. The van der Waals surface area contributed by atoms with Crippen LogP contribution in [0.15, 0.2) is 65.4 Å². The molecule has 0 aliphatic heterocycles. The van der Waals surface area contributed by atoms with Crippen molar-refractivity contribution < 1.29 is 18.9 Å². The Morgan fingerprint density at radius 3 is 2.48 bits per heavy atom. The van der Waals surface area contributed by atoms with Crippen LogP contribution < -0.4 is 9.42 Å². The largest absolute Gasteiger partial charge is 0.575 e. The van der Waals surface area contributed by atoms with Gasteiger partial charge in [0.2, 0.25) is 5.75 Å². The highest BCUT2D eigenvalue weighted by Gasteiger charge is 2.28. The molecule has 2 atom stereocenters. The Morgan fingerprint density at radius 1 is 1.10 bits per heavy atom. The Hall–Kier alpha value is -2.46. The molecule has 0 amide bonds. The van der Waals surface area contributed by atoms with Crippen LogP contribution in [0, 0.1) is 0 Å². The number of hydrogen-bond acceptors (Lipinski definition) is 5. The molecule has 0 spiro atoms. The molecule has 0 aromatic heterocycles. The van der Waals surface area contributed by atoms with Gasteiger partial charge in [0.05, 0.1) is 5.02 Å². The normalized spacial score (nSPS) is 15.2. The van der Waals surface area contributed by atoms with Gasteiger partial charge in [-0.1, -0.05) is 70.9 Å². The van der Waals surface area contributed by atoms with Crippen molar-refractivity contribution in [2.24, 2.45) is 4.74 Å². The maximum atomic E-state index is 12.4. The van der Waals surface area contributed by atoms with Crippen molar-refractivity contribution in [2.45, 2.75) is 31.9 Å². The molecule has 7 heteroatoms. The lowest BCUT2D eigenvalue weighted by Crippen LogP contribution is -2.25. The first kappa shape index (κ1) is 19.8. The zero-order valence-electron chi connectivity index (χ0n) is 15.7. The van der Waals surface area contributed by atoms with Crippen LogP contribution in [0.5, 0.6) is 5.75 Å². The van der Waals surface area contributed by atoms with Gasteiger partial charge in [0, 0.05) is 18.2 Å². The molecule has 0 bridgehead atoms. The van der Waals surface area contributed by atoms with E-state index >= 15 is 0 Å². The van der Waals surface area contributed by atoms with Crippen molar-refractivity contribution in [3.63, 3.8) is 0 Å². The number of fused-ring (bicyclic) bond motifs is 2. The van der Waals surface area contributed by atoms with E-state index in [2.05, 4.69) is 4.74 Å². The predicted molar refractivity (Wildman–Crippen MR) is 112 cm³/mol. The molecule has 0 saturated heterocycles. The molecule has 0 radical (unpaired) electrons. The van der Waals surface area contributed by atoms with Crippen LogP contribution in [0.4, 0.5) is 0 Å². The van der Waals surface area contributed by atoms with Crippen LogP contribution in [0.3, 0.4) is 0 Å². The summed E-state index contributed by atoms with van der Waals surface area (Å²) in [5, 5.41) is 1.97. The first-order valence-electron chi connectivity index (χ1n) is 9.32. The Bertz CT molecular complexity index is 1080. The second-order valence-corrected chi connectivity index (χ2v) is 8.25. The zero-order valence-corrected chi connectivity index (χ0v) is 17.4. The van der Waals surface area contributed by atoms with Crippen molar-refractivity contribution in [3.8, 4) is 5.75 Å². The number of carbonyl (C=O) groups excluding carboxylic acids is 1. The van der Waals surface area contributed by atoms with E-state index in [1.165, 1.54) is 11.1 Å². The summed E-state index contributed by atoms with van der Waals surface area (Å²) < 4.78 is 15.0. The molecule has 0 heterocycles. The SMILES string of the molecule is C[C@H](/N=[P+](\[O-])Oc1c(Cl)ccc2ccccc12)C(=O)OC1Cc2ccccc2C1. The lowest BCUT2D eigenvalue weighted by molar-refractivity contribution is -0.170. The lowest BCUT2D eigenvalue weighted by atomic mass is 10.1. The standard InChI is InChI=1S/C22H19ClNO4P/c1-14(22(25)27-18-12-16-7-2-3-8-17(16)13-18)24-29(26)28-21-19-9-5-4-6-15(19)10-11-20(21)23/h2-11,14,18H,12-13H2,1H3/t14-/m0/s1. The number of halogens is 1. The molecule has 4 rings (SSSR count). The predicted octanol–water partition coefficient (Wildman–Crippen LogP) is 4.83. The van der Waals surface area contributed by atoms with E-state index in [-0.39, 0.29) is 6.10 Å². The summed E-state index contributed by atoms with van der Waals surface area (Å²) in [5.41, 5.74) is 2.38. The fourth-order valence-corrected chi connectivity index (χ4v) is 4.50. The van der Waals surface area contributed by atoms with E-state index < -0.39 is 20.2 Å². The van der Waals surface area contributed by atoms with Gasteiger partial charge in [0.1, 0.15) is 6.10 Å². The molecule has 29 heavy (non-hydrogen) atoms. The van der Waals surface area contributed by atoms with Crippen LogP contribution in [-0.2, 0) is 22.4 Å². The monoisotopic (exact) mass is 427 g/mol. The fraction of sp³-hybridized carbons (Fsp3) is 0.227. The van der Waals surface area contributed by atoms with Crippen LogP contribution in [0.1, 0.15) is 18.1 Å². The molecule has 0 fully saturated rings. The van der Waals surface area contributed by atoms with Gasteiger partial charge >= 0.3 is 14.1 Å². The summed E-state index contributed by atoms with van der Waals surface area (Å²) in [4.78, 5) is 24.8. The molecular weight excluding hydrogens is 409 g/mol. The topological polar surface area (TPSA) is 71.0 Å². The summed E-state index contributed by atoms with van der Waals surface area (Å²) in [7, 11) is -2.49. The Labute approximate surface area is 174 Å². The van der Waals surface area contributed by atoms with E-state index in [1.807, 2.05) is 54.6 Å². The molecule has 1 unspecified atom stereocenters. The molecule has 1 aliphatic carbocycles. The summed E-state index contributed by atoms with van der Waals surface area (Å²) in [6, 6.07) is 18.1. The number of benzene rings is 3. The van der Waals surface area contributed by atoms with Crippen LogP contribution in [-0.4, -0.2) is 18.1 Å². The first-order valence-corrected chi connectivity index (χ1v) is 10.8. The van der Waals surface area contributed by atoms with Gasteiger partial charge in [-0.15, -0.1) is 0 Å². The number of nitrogens with zero attached hydrogens (tertiary/aromatic N) is 1. The van der Waals surface area contributed by atoms with Gasteiger partial charge < -0.3 is 9.63 Å². The molecule has 5 nitrogen and oxygen atoms in total. The highest BCUT2D eigenvalue weighted by Crippen LogP contribution is 2.38. The molecule has 1 aliphatic rings. The van der Waals surface area contributed by atoms with Gasteiger partial charge in [0.25, 0.3) is 0 Å². The van der Waals surface area contributed by atoms with Gasteiger partial charge in [-0.25, -0.2) is 4.79 Å². The van der Waals surface area contributed by atoms with Crippen LogP contribution in [0.25, 0.3) is 10.8 Å². The number of hydrogen-bond donors (Lipinski definition) is 0. The third-order valence-corrected chi connectivity index (χ3v) is 6.08. The number of ether oxygens (including phenoxy) is 1. The molecule has 0 saturated carbocycles. The minimum absolute atomic E-state index is 0.219. The fourth-order valence-electron chi connectivity index (χ4n) is 3.46. The third-order valence-electron chi connectivity index (χ3n) is 4.91. The van der Waals surface area contributed by atoms with Crippen molar-refractivity contribution in [1.82, 2.24) is 0 Å². The van der Waals surface area contributed by atoms with E-state index in [0.29, 0.717) is 23.6 Å². The summed E-state index contributed by atoms with van der Waals surface area (Å²) in [5.74, 6) is -0.222. The van der Waals surface area contributed by atoms with E-state index in [9.17, 15) is 9.69 Å². The minimum atomic E-state index is -2.49. The highest BCUT2D eigenvalue weighted by atomic mass is 35.5. The second-order valence-electron chi connectivity index (χ2n) is 6.95. The maximum absolute atomic E-state index is 12.4. The molecule has 3 aromatic carbocycles. The van der Waals surface area contributed by atoms with Gasteiger partial charge in [-0.2, -0.15) is 0 Å². The molecular formula is C22H19ClNO4P. The van der Waals surface area contributed by atoms with Gasteiger partial charge in [0.15, 0.2) is 6.04 Å².